The summed E-state index contributed by atoms with van der Waals surface area (Å²) in [4.78, 5) is 25.0. The molecule has 0 saturated carbocycles. The van der Waals surface area contributed by atoms with Crippen molar-refractivity contribution in [2.24, 2.45) is 0 Å². The molecule has 0 saturated heterocycles. The van der Waals surface area contributed by atoms with Crippen LogP contribution in [0.25, 0.3) is 0 Å². The van der Waals surface area contributed by atoms with Gasteiger partial charge in [-0.3, -0.25) is 4.90 Å². The highest BCUT2D eigenvalue weighted by Crippen LogP contribution is 2.33. The largest absolute Gasteiger partial charge is 0.480 e. The number of ether oxygens (including phenoxy) is 1. The summed E-state index contributed by atoms with van der Waals surface area (Å²) in [5, 5.41) is 10.3. The number of carboxylic acids is 1. The zero-order valence-electron chi connectivity index (χ0n) is 12.5. The number of rotatable bonds is 1. The summed E-state index contributed by atoms with van der Waals surface area (Å²) < 4.78 is 5.29. The smallest absolute Gasteiger partial charge is 0.411 e. The van der Waals surface area contributed by atoms with Crippen LogP contribution in [0.2, 0.25) is 10.0 Å². The molecule has 0 aliphatic carbocycles. The highest BCUT2D eigenvalue weighted by molar-refractivity contribution is 6.35. The van der Waals surface area contributed by atoms with Crippen LogP contribution in [0.3, 0.4) is 0 Å². The number of carboxylic acid groups (broad SMARTS) is 1. The van der Waals surface area contributed by atoms with Crippen LogP contribution in [-0.2, 0) is 22.5 Å². The fraction of sp³-hybridized carbons (Fsp3) is 0.467. The molecule has 0 aromatic heterocycles. The molecule has 0 radical (unpaired) electrons. The van der Waals surface area contributed by atoms with Crippen LogP contribution in [-0.4, -0.2) is 33.7 Å². The molecule has 1 amide bonds. The lowest BCUT2D eigenvalue weighted by atomic mass is 9.94. The van der Waals surface area contributed by atoms with E-state index in [0.29, 0.717) is 15.6 Å². The van der Waals surface area contributed by atoms with Gasteiger partial charge in [-0.2, -0.15) is 0 Å². The Morgan fingerprint density at radius 3 is 2.50 bits per heavy atom. The van der Waals surface area contributed by atoms with Gasteiger partial charge in [0.1, 0.15) is 11.6 Å². The zero-order chi connectivity index (χ0) is 16.7. The lowest BCUT2D eigenvalue weighted by molar-refractivity contribution is -0.143. The maximum Gasteiger partial charge on any atom is 0.411 e. The van der Waals surface area contributed by atoms with E-state index < -0.39 is 23.7 Å². The Morgan fingerprint density at radius 1 is 1.32 bits per heavy atom. The second-order valence-corrected chi connectivity index (χ2v) is 7.04. The Bertz CT molecular complexity index is 625. The normalized spacial score (nSPS) is 17.9. The fourth-order valence-corrected chi connectivity index (χ4v) is 2.97. The molecular weight excluding hydrogens is 329 g/mol. The third-order valence-corrected chi connectivity index (χ3v) is 3.84. The van der Waals surface area contributed by atoms with Crippen molar-refractivity contribution in [1.29, 1.82) is 0 Å². The highest BCUT2D eigenvalue weighted by atomic mass is 35.5. The molecule has 1 atom stereocenters. The molecule has 2 rings (SSSR count). The molecule has 22 heavy (non-hydrogen) atoms. The van der Waals surface area contributed by atoms with Crippen molar-refractivity contribution in [2.45, 2.75) is 45.4 Å². The maximum atomic E-state index is 12.3. The van der Waals surface area contributed by atoms with Gasteiger partial charge in [0.2, 0.25) is 0 Å². The highest BCUT2D eigenvalue weighted by Gasteiger charge is 2.37. The van der Waals surface area contributed by atoms with Gasteiger partial charge in [0.15, 0.2) is 0 Å². The van der Waals surface area contributed by atoms with Gasteiger partial charge >= 0.3 is 12.1 Å². The molecule has 120 valence electrons. The number of halogens is 2. The predicted octanol–water partition coefficient (Wildman–Crippen LogP) is 3.74. The first-order chi connectivity index (χ1) is 10.1. The summed E-state index contributed by atoms with van der Waals surface area (Å²) in [6, 6.07) is 2.25. The van der Waals surface area contributed by atoms with E-state index in [2.05, 4.69) is 0 Å². The first-order valence-corrected chi connectivity index (χ1v) is 7.53. The molecule has 1 aromatic carbocycles. The van der Waals surface area contributed by atoms with Gasteiger partial charge in [-0.15, -0.1) is 0 Å². The third kappa shape index (κ3) is 3.65. The molecule has 0 bridgehead atoms. The number of aliphatic carboxylic acids is 1. The summed E-state index contributed by atoms with van der Waals surface area (Å²) in [5.41, 5.74) is 0.742. The van der Waals surface area contributed by atoms with Crippen LogP contribution in [0.15, 0.2) is 12.1 Å². The van der Waals surface area contributed by atoms with E-state index in [4.69, 9.17) is 27.9 Å². The van der Waals surface area contributed by atoms with Gasteiger partial charge in [0.05, 0.1) is 6.54 Å². The quantitative estimate of drug-likeness (QED) is 0.841. The number of benzene rings is 1. The van der Waals surface area contributed by atoms with Crippen LogP contribution in [0.1, 0.15) is 31.9 Å². The van der Waals surface area contributed by atoms with Gasteiger partial charge in [-0.25, -0.2) is 9.59 Å². The number of hydrogen-bond acceptors (Lipinski definition) is 3. The number of hydrogen-bond donors (Lipinski definition) is 1. The van der Waals surface area contributed by atoms with Crippen LogP contribution in [0, 0.1) is 0 Å². The number of amides is 1. The zero-order valence-corrected chi connectivity index (χ0v) is 14.0. The topological polar surface area (TPSA) is 66.8 Å². The van der Waals surface area contributed by atoms with E-state index in [-0.39, 0.29) is 13.0 Å². The van der Waals surface area contributed by atoms with Crippen LogP contribution < -0.4 is 0 Å². The minimum atomic E-state index is -1.09. The molecule has 1 aromatic rings. The Kier molecular flexibility index (Phi) is 4.59. The van der Waals surface area contributed by atoms with Gasteiger partial charge in [0, 0.05) is 16.5 Å². The third-order valence-electron chi connectivity index (χ3n) is 3.28. The molecule has 0 spiro atoms. The number of carbonyl (C=O) groups is 2. The number of fused-ring (bicyclic) bond motifs is 1. The van der Waals surface area contributed by atoms with E-state index >= 15 is 0 Å². The van der Waals surface area contributed by atoms with E-state index in [9.17, 15) is 14.7 Å². The monoisotopic (exact) mass is 345 g/mol. The SMILES string of the molecule is CC(C)(C)OC(=O)N1Cc2cc(Cl)cc(Cl)c2CC1C(=O)O. The molecular formula is C15H17Cl2NO4. The summed E-state index contributed by atoms with van der Waals surface area (Å²) >= 11 is 12.1. The van der Waals surface area contributed by atoms with E-state index in [0.717, 1.165) is 5.56 Å². The Hall–Kier alpha value is -1.46. The van der Waals surface area contributed by atoms with Gasteiger partial charge in [-0.1, -0.05) is 23.2 Å². The second-order valence-electron chi connectivity index (χ2n) is 6.19. The number of carbonyl (C=O) groups excluding carboxylic acids is 1. The predicted molar refractivity (Wildman–Crippen MR) is 83.4 cm³/mol. The van der Waals surface area contributed by atoms with E-state index in [1.54, 1.807) is 32.9 Å². The van der Waals surface area contributed by atoms with Gasteiger partial charge in [0.25, 0.3) is 0 Å². The van der Waals surface area contributed by atoms with Crippen molar-refractivity contribution in [3.05, 3.63) is 33.3 Å². The van der Waals surface area contributed by atoms with Crippen molar-refractivity contribution < 1.29 is 19.4 Å². The van der Waals surface area contributed by atoms with Crippen molar-refractivity contribution in [2.75, 3.05) is 0 Å². The summed E-state index contributed by atoms with van der Waals surface area (Å²) in [5.74, 6) is -1.09. The first-order valence-electron chi connectivity index (χ1n) is 6.77. The van der Waals surface area contributed by atoms with Crippen LogP contribution in [0.4, 0.5) is 4.79 Å². The minimum Gasteiger partial charge on any atom is -0.480 e. The van der Waals surface area contributed by atoms with E-state index in [1.165, 1.54) is 4.90 Å². The van der Waals surface area contributed by atoms with Crippen molar-refractivity contribution in [3.63, 3.8) is 0 Å². The second kappa shape index (κ2) is 5.97. The molecule has 1 N–H and O–H groups in total. The molecule has 7 heteroatoms. The fourth-order valence-electron chi connectivity index (χ4n) is 2.36. The van der Waals surface area contributed by atoms with Crippen molar-refractivity contribution in [1.82, 2.24) is 4.90 Å². The Balaban J connectivity index is 2.37. The molecule has 0 fully saturated rings. The Morgan fingerprint density at radius 2 is 1.95 bits per heavy atom. The summed E-state index contributed by atoms with van der Waals surface area (Å²) in [6.45, 7) is 5.28. The van der Waals surface area contributed by atoms with Gasteiger partial charge < -0.3 is 9.84 Å². The molecule has 1 heterocycles. The standard InChI is InChI=1S/C15H17Cl2NO4/c1-15(2,3)22-14(21)18-7-8-4-9(16)5-11(17)10(8)6-12(18)13(19)20/h4-5,12H,6-7H2,1-3H3,(H,19,20). The van der Waals surface area contributed by atoms with E-state index in [1.807, 2.05) is 0 Å². The first kappa shape index (κ1) is 16.9. The van der Waals surface area contributed by atoms with Crippen LogP contribution >= 0.6 is 23.2 Å². The van der Waals surface area contributed by atoms with Gasteiger partial charge in [-0.05, 0) is 44.0 Å². The maximum absolute atomic E-state index is 12.3. The molecule has 1 aliphatic rings. The van der Waals surface area contributed by atoms with Crippen LogP contribution in [0.5, 0.6) is 0 Å². The molecule has 1 unspecified atom stereocenters. The molecule has 5 nitrogen and oxygen atoms in total. The number of nitrogens with zero attached hydrogens (tertiary/aromatic N) is 1. The summed E-state index contributed by atoms with van der Waals surface area (Å²) in [6.07, 6.45) is -0.540. The Labute approximate surface area is 138 Å². The minimum absolute atomic E-state index is 0.0987. The lowest BCUT2D eigenvalue weighted by Crippen LogP contribution is -2.50. The summed E-state index contributed by atoms with van der Waals surface area (Å²) in [7, 11) is 0. The molecule has 1 aliphatic heterocycles. The average molecular weight is 346 g/mol. The van der Waals surface area contributed by atoms with Crippen molar-refractivity contribution >= 4 is 35.3 Å². The lowest BCUT2D eigenvalue weighted by Gasteiger charge is -2.36. The average Bonchev–Trinajstić information content (AvgIpc) is 2.34. The van der Waals surface area contributed by atoms with Crippen molar-refractivity contribution in [3.8, 4) is 0 Å².